The van der Waals surface area contributed by atoms with E-state index in [4.69, 9.17) is 11.6 Å². The quantitative estimate of drug-likeness (QED) is 0.803. The van der Waals surface area contributed by atoms with E-state index in [2.05, 4.69) is 15.4 Å². The molecule has 1 aromatic carbocycles. The van der Waals surface area contributed by atoms with Crippen molar-refractivity contribution in [3.63, 3.8) is 0 Å². The number of aryl methyl sites for hydroxylation is 1. The number of hydrazone groups is 1. The minimum atomic E-state index is -0.334. The van der Waals surface area contributed by atoms with Crippen molar-refractivity contribution in [3.05, 3.63) is 64.4 Å². The smallest absolute Gasteiger partial charge is 0.335 e. The molecule has 28 heavy (non-hydrogen) atoms. The highest BCUT2D eigenvalue weighted by atomic mass is 35.5. The Kier molecular flexibility index (Phi) is 5.94. The summed E-state index contributed by atoms with van der Waals surface area (Å²) in [6, 6.07) is 10.7. The van der Waals surface area contributed by atoms with Crippen molar-refractivity contribution in [1.29, 1.82) is 0 Å². The Labute approximate surface area is 169 Å². The molecule has 8 heteroatoms. The highest BCUT2D eigenvalue weighted by Gasteiger charge is 2.34. The van der Waals surface area contributed by atoms with E-state index in [1.54, 1.807) is 30.3 Å². The van der Waals surface area contributed by atoms with Gasteiger partial charge in [-0.05, 0) is 24.1 Å². The van der Waals surface area contributed by atoms with Crippen LogP contribution >= 0.6 is 11.6 Å². The molecule has 146 valence electrons. The summed E-state index contributed by atoms with van der Waals surface area (Å²) in [6.45, 7) is 4.11. The monoisotopic (exact) mass is 399 g/mol. The van der Waals surface area contributed by atoms with E-state index in [9.17, 15) is 9.59 Å². The molecule has 0 aliphatic carbocycles. The fraction of sp³-hybridized carbons (Fsp3) is 0.300. The number of carbonyl (C=O) groups is 2. The zero-order chi connectivity index (χ0) is 20.3. The summed E-state index contributed by atoms with van der Waals surface area (Å²) in [5, 5.41) is 9.09. The zero-order valence-electron chi connectivity index (χ0n) is 16.0. The van der Waals surface area contributed by atoms with E-state index in [0.717, 1.165) is 16.7 Å². The maximum Gasteiger partial charge on any atom is 0.338 e. The maximum atomic E-state index is 12.6. The Morgan fingerprint density at radius 2 is 1.96 bits per heavy atom. The van der Waals surface area contributed by atoms with Crippen LogP contribution in [0.25, 0.3) is 0 Å². The van der Waals surface area contributed by atoms with Gasteiger partial charge in [-0.2, -0.15) is 5.10 Å². The third-order valence-corrected chi connectivity index (χ3v) is 4.89. The van der Waals surface area contributed by atoms with Gasteiger partial charge in [0.1, 0.15) is 5.15 Å². The van der Waals surface area contributed by atoms with Crippen LogP contribution in [0.5, 0.6) is 0 Å². The Morgan fingerprint density at radius 1 is 1.25 bits per heavy atom. The molecule has 1 N–H and O–H groups in total. The molecule has 2 aromatic rings. The van der Waals surface area contributed by atoms with Gasteiger partial charge in [0, 0.05) is 26.7 Å². The molecule has 1 atom stereocenters. The van der Waals surface area contributed by atoms with E-state index in [-0.39, 0.29) is 18.0 Å². The number of likely N-dealkylation sites (N-methyl/N-ethyl adjacent to an activating group) is 1. The summed E-state index contributed by atoms with van der Waals surface area (Å²) >= 11 is 5.78. The normalized spacial score (nSPS) is 15.9. The number of nitrogens with zero attached hydrogens (tertiary/aromatic N) is 4. The van der Waals surface area contributed by atoms with E-state index >= 15 is 0 Å². The van der Waals surface area contributed by atoms with Crippen LogP contribution in [0.4, 0.5) is 4.79 Å². The Bertz CT molecular complexity index is 896. The molecule has 0 spiro atoms. The lowest BCUT2D eigenvalue weighted by Gasteiger charge is -2.24. The van der Waals surface area contributed by atoms with Crippen molar-refractivity contribution < 1.29 is 9.59 Å². The van der Waals surface area contributed by atoms with Crippen LogP contribution in [0.15, 0.2) is 47.7 Å². The largest absolute Gasteiger partial charge is 0.338 e. The molecule has 3 rings (SSSR count). The summed E-state index contributed by atoms with van der Waals surface area (Å²) in [6.07, 6.45) is 1.61. The second kappa shape index (κ2) is 8.39. The number of amides is 3. The summed E-state index contributed by atoms with van der Waals surface area (Å²) in [4.78, 5) is 30.1. The predicted molar refractivity (Wildman–Crippen MR) is 108 cm³/mol. The maximum absolute atomic E-state index is 12.6. The summed E-state index contributed by atoms with van der Waals surface area (Å²) < 4.78 is 0. The Morgan fingerprint density at radius 3 is 2.57 bits per heavy atom. The summed E-state index contributed by atoms with van der Waals surface area (Å²) in [7, 11) is 1.72. The first-order valence-electron chi connectivity index (χ1n) is 8.90. The molecule has 2 heterocycles. The first-order chi connectivity index (χ1) is 13.3. The zero-order valence-corrected chi connectivity index (χ0v) is 16.8. The molecule has 0 saturated carbocycles. The van der Waals surface area contributed by atoms with Gasteiger partial charge in [0.15, 0.2) is 0 Å². The SMILES string of the molecule is CC(=O)N(C)C1CN(C(=O)NCc2ccc(Cl)nc2)N=C1c1ccc(C)cc1. The molecular formula is C20H22ClN5O2. The second-order valence-electron chi connectivity index (χ2n) is 6.73. The van der Waals surface area contributed by atoms with Crippen LogP contribution in [0.2, 0.25) is 5.15 Å². The van der Waals surface area contributed by atoms with Crippen molar-refractivity contribution in [1.82, 2.24) is 20.2 Å². The standard InChI is InChI=1S/C20H22ClN5O2/c1-13-4-7-16(8-5-13)19-17(25(3)14(2)27)12-26(24-19)20(28)23-11-15-6-9-18(21)22-10-15/h4-10,17H,11-12H2,1-3H3,(H,23,28). The predicted octanol–water partition coefficient (Wildman–Crippen LogP) is 2.82. The molecule has 7 nitrogen and oxygen atoms in total. The number of hydrogen-bond donors (Lipinski definition) is 1. The van der Waals surface area contributed by atoms with Crippen LogP contribution in [-0.4, -0.2) is 52.2 Å². The van der Waals surface area contributed by atoms with E-state index in [1.807, 2.05) is 31.2 Å². The van der Waals surface area contributed by atoms with Crippen LogP contribution in [0.3, 0.4) is 0 Å². The molecular weight excluding hydrogens is 378 g/mol. The topological polar surface area (TPSA) is 77.9 Å². The van der Waals surface area contributed by atoms with Crippen molar-refractivity contribution in [2.75, 3.05) is 13.6 Å². The van der Waals surface area contributed by atoms with Gasteiger partial charge in [-0.25, -0.2) is 14.8 Å². The van der Waals surface area contributed by atoms with Crippen molar-refractivity contribution in [2.45, 2.75) is 26.4 Å². The van der Waals surface area contributed by atoms with E-state index < -0.39 is 0 Å². The van der Waals surface area contributed by atoms with Crippen molar-refractivity contribution in [2.24, 2.45) is 5.10 Å². The second-order valence-corrected chi connectivity index (χ2v) is 7.11. The first kappa shape index (κ1) is 19.8. The van der Waals surface area contributed by atoms with Gasteiger partial charge in [-0.1, -0.05) is 47.5 Å². The lowest BCUT2D eigenvalue weighted by molar-refractivity contribution is -0.128. The number of rotatable bonds is 4. The summed E-state index contributed by atoms with van der Waals surface area (Å²) in [5.74, 6) is -0.0840. The average Bonchev–Trinajstić information content (AvgIpc) is 3.12. The van der Waals surface area contributed by atoms with Gasteiger partial charge in [0.2, 0.25) is 5.91 Å². The van der Waals surface area contributed by atoms with Gasteiger partial charge < -0.3 is 10.2 Å². The molecule has 1 unspecified atom stereocenters. The fourth-order valence-corrected chi connectivity index (χ4v) is 3.01. The molecule has 0 saturated heterocycles. The molecule has 0 bridgehead atoms. The van der Waals surface area contributed by atoms with E-state index in [1.165, 1.54) is 11.9 Å². The summed E-state index contributed by atoms with van der Waals surface area (Å²) in [5.41, 5.74) is 3.55. The molecule has 1 aliphatic heterocycles. The van der Waals surface area contributed by atoms with Gasteiger partial charge in [0.05, 0.1) is 18.3 Å². The Hall–Kier alpha value is -2.93. The van der Waals surface area contributed by atoms with Crippen LogP contribution < -0.4 is 5.32 Å². The number of pyridine rings is 1. The number of urea groups is 1. The highest BCUT2D eigenvalue weighted by molar-refractivity contribution is 6.29. The van der Waals surface area contributed by atoms with Gasteiger partial charge in [-0.15, -0.1) is 0 Å². The number of benzene rings is 1. The van der Waals surface area contributed by atoms with Crippen molar-refractivity contribution >= 4 is 29.3 Å². The van der Waals surface area contributed by atoms with Crippen LogP contribution in [0, 0.1) is 6.92 Å². The Balaban J connectivity index is 1.77. The molecule has 1 aliphatic rings. The van der Waals surface area contributed by atoms with E-state index in [0.29, 0.717) is 24.0 Å². The minimum absolute atomic E-state index is 0.0840. The number of carbonyl (C=O) groups excluding carboxylic acids is 2. The van der Waals surface area contributed by atoms with Gasteiger partial charge >= 0.3 is 6.03 Å². The third kappa shape index (κ3) is 4.48. The highest BCUT2D eigenvalue weighted by Crippen LogP contribution is 2.19. The van der Waals surface area contributed by atoms with Gasteiger partial charge in [0.25, 0.3) is 0 Å². The number of hydrogen-bond acceptors (Lipinski definition) is 4. The molecule has 1 aromatic heterocycles. The van der Waals surface area contributed by atoms with Crippen LogP contribution in [-0.2, 0) is 11.3 Å². The number of nitrogens with one attached hydrogen (secondary N) is 1. The lowest BCUT2D eigenvalue weighted by atomic mass is 10.0. The van der Waals surface area contributed by atoms with Crippen molar-refractivity contribution in [3.8, 4) is 0 Å². The molecule has 3 amide bonds. The molecule has 0 radical (unpaired) electrons. The minimum Gasteiger partial charge on any atom is -0.335 e. The number of halogens is 1. The average molecular weight is 400 g/mol. The van der Waals surface area contributed by atoms with Gasteiger partial charge in [-0.3, -0.25) is 4.79 Å². The fourth-order valence-electron chi connectivity index (χ4n) is 2.90. The lowest BCUT2D eigenvalue weighted by Crippen LogP contribution is -2.45. The van der Waals surface area contributed by atoms with Crippen LogP contribution in [0.1, 0.15) is 23.6 Å². The third-order valence-electron chi connectivity index (χ3n) is 4.67. The first-order valence-corrected chi connectivity index (χ1v) is 9.27. The number of aromatic nitrogens is 1. The molecule has 0 fully saturated rings.